The van der Waals surface area contributed by atoms with Gasteiger partial charge >= 0.3 is 5.97 Å². The summed E-state index contributed by atoms with van der Waals surface area (Å²) >= 11 is 0. The predicted octanol–water partition coefficient (Wildman–Crippen LogP) is 0.915. The number of rotatable bonds is 10. The van der Waals surface area contributed by atoms with Crippen molar-refractivity contribution in [2.45, 2.75) is 77.3 Å². The molecule has 2 saturated carbocycles. The van der Waals surface area contributed by atoms with E-state index in [2.05, 4.69) is 5.32 Å². The maximum absolute atomic E-state index is 12.4. The Bertz CT molecular complexity index is 957. The van der Waals surface area contributed by atoms with Crippen LogP contribution in [0.3, 0.4) is 0 Å². The van der Waals surface area contributed by atoms with Gasteiger partial charge in [0.15, 0.2) is 6.67 Å². The van der Waals surface area contributed by atoms with E-state index in [1.807, 2.05) is 13.8 Å². The lowest BCUT2D eigenvalue weighted by Gasteiger charge is -2.35. The Balaban J connectivity index is 0.000000267. The van der Waals surface area contributed by atoms with E-state index in [0.717, 1.165) is 6.42 Å². The second kappa shape index (κ2) is 12.0. The van der Waals surface area contributed by atoms with Crippen molar-refractivity contribution >= 4 is 33.7 Å². The van der Waals surface area contributed by atoms with E-state index in [9.17, 15) is 32.0 Å². The van der Waals surface area contributed by atoms with Gasteiger partial charge in [0.1, 0.15) is 17.9 Å². The van der Waals surface area contributed by atoms with Gasteiger partial charge in [0, 0.05) is 13.0 Å². The summed E-state index contributed by atoms with van der Waals surface area (Å²) in [5, 5.41) is 11.4. The van der Waals surface area contributed by atoms with E-state index in [4.69, 9.17) is 15.4 Å². The van der Waals surface area contributed by atoms with Crippen LogP contribution in [0.1, 0.15) is 65.2 Å². The van der Waals surface area contributed by atoms with E-state index in [0.29, 0.717) is 58.0 Å². The van der Waals surface area contributed by atoms with Gasteiger partial charge < -0.3 is 21.1 Å². The molecule has 0 aromatic rings. The number of carboxylic acids is 1. The van der Waals surface area contributed by atoms with Gasteiger partial charge in [-0.1, -0.05) is 13.8 Å². The molecule has 11 nitrogen and oxygen atoms in total. The minimum absolute atomic E-state index is 0.0152. The van der Waals surface area contributed by atoms with Gasteiger partial charge in [-0.15, -0.1) is 0 Å². The number of amides is 2. The quantitative estimate of drug-likeness (QED) is 0.233. The molecule has 0 radical (unpaired) electrons. The Hall–Kier alpha value is -2.12. The fraction of sp³-hybridized carbons (Fsp3) is 0.826. The van der Waals surface area contributed by atoms with Crippen molar-refractivity contribution in [1.82, 2.24) is 10.2 Å². The summed E-state index contributed by atoms with van der Waals surface area (Å²) < 4.78 is 43.3. The van der Waals surface area contributed by atoms with Crippen LogP contribution in [0.15, 0.2) is 0 Å². The van der Waals surface area contributed by atoms with Gasteiger partial charge in [0.25, 0.3) is 16.0 Å². The van der Waals surface area contributed by atoms with Gasteiger partial charge in [-0.25, -0.2) is 9.18 Å². The molecule has 3 rings (SSSR count). The number of Topliss-reactive ketones (excluding diaryl/α,β-unsaturated/α-hetero) is 1. The summed E-state index contributed by atoms with van der Waals surface area (Å²) in [5.74, 6) is -2.49. The van der Waals surface area contributed by atoms with E-state index < -0.39 is 57.8 Å². The second-order valence-electron chi connectivity index (χ2n) is 10.5. The molecule has 2 unspecified atom stereocenters. The fourth-order valence-corrected chi connectivity index (χ4v) is 7.19. The molecule has 206 valence electrons. The summed E-state index contributed by atoms with van der Waals surface area (Å²) in [6.45, 7) is 3.48. The molecule has 1 saturated heterocycles. The molecule has 0 aromatic carbocycles. The monoisotopic (exact) mass is 535 g/mol. The molecule has 4 atom stereocenters. The lowest BCUT2D eigenvalue weighted by molar-refractivity contribution is -0.149. The maximum atomic E-state index is 12.4. The number of aliphatic carboxylic acids is 1. The van der Waals surface area contributed by atoms with E-state index >= 15 is 0 Å². The number of nitrogens with zero attached hydrogens (tertiary/aromatic N) is 1. The van der Waals surface area contributed by atoms with Crippen LogP contribution in [-0.4, -0.2) is 84.1 Å². The van der Waals surface area contributed by atoms with Gasteiger partial charge in [-0.2, -0.15) is 8.42 Å². The SMILES string of the molecule is CC1(C)C2CCC1(CS(=O)(=O)O)C(=O)C2.NCCCC[C@H](NC(=O)CF)C(=O)N1CCC[C@H]1C(=O)O. The van der Waals surface area contributed by atoms with Crippen LogP contribution in [0.2, 0.25) is 0 Å². The van der Waals surface area contributed by atoms with E-state index in [1.54, 1.807) is 0 Å². The molecule has 0 spiro atoms. The smallest absolute Gasteiger partial charge is 0.326 e. The number of nitrogens with one attached hydrogen (secondary N) is 1. The minimum atomic E-state index is -4.08. The molecular weight excluding hydrogens is 497 g/mol. The molecule has 0 aromatic heterocycles. The highest BCUT2D eigenvalue weighted by Crippen LogP contribution is 2.64. The molecule has 1 heterocycles. The molecule has 1 aliphatic heterocycles. The zero-order chi connectivity index (χ0) is 27.3. The van der Waals surface area contributed by atoms with Gasteiger partial charge in [-0.3, -0.25) is 18.9 Å². The van der Waals surface area contributed by atoms with Crippen molar-refractivity contribution in [3.05, 3.63) is 0 Å². The largest absolute Gasteiger partial charge is 0.480 e. The standard InChI is InChI=1S/C13H22FN3O4.C10H16O4S/c14-8-11(18)16-9(4-1-2-6-15)12(19)17-7-3-5-10(17)13(20)21;1-9(2)7-3-4-10(9,8(11)5-7)6-15(12,13)14/h9-10H,1-8,15H2,(H,16,18)(H,20,21);7H,3-6H2,1-2H3,(H,12,13,14)/t9-,10-;/m0./s1. The van der Waals surface area contributed by atoms with E-state index in [1.165, 1.54) is 4.90 Å². The lowest BCUT2D eigenvalue weighted by atomic mass is 9.70. The molecule has 5 N–H and O–H groups in total. The predicted molar refractivity (Wildman–Crippen MR) is 128 cm³/mol. The number of unbranched alkanes of at least 4 members (excludes halogenated alkanes) is 1. The van der Waals surface area contributed by atoms with Gasteiger partial charge in [-0.05, 0) is 62.8 Å². The highest BCUT2D eigenvalue weighted by Gasteiger charge is 2.65. The number of ketones is 1. The summed E-state index contributed by atoms with van der Waals surface area (Å²) in [4.78, 5) is 47.8. The zero-order valence-electron chi connectivity index (χ0n) is 20.9. The third-order valence-corrected chi connectivity index (χ3v) is 8.95. The summed E-state index contributed by atoms with van der Waals surface area (Å²) in [6.07, 6.45) is 4.58. The van der Waals surface area contributed by atoms with Crippen LogP contribution in [0.25, 0.3) is 0 Å². The van der Waals surface area contributed by atoms with Crippen LogP contribution in [-0.2, 0) is 29.3 Å². The Kier molecular flexibility index (Phi) is 9.99. The minimum Gasteiger partial charge on any atom is -0.480 e. The van der Waals surface area contributed by atoms with Crippen molar-refractivity contribution in [2.24, 2.45) is 22.5 Å². The molecule has 2 bridgehead atoms. The van der Waals surface area contributed by atoms with Crippen molar-refractivity contribution in [1.29, 1.82) is 0 Å². The van der Waals surface area contributed by atoms with Crippen molar-refractivity contribution in [2.75, 3.05) is 25.5 Å². The number of halogens is 1. The first-order chi connectivity index (χ1) is 16.7. The Labute approximate surface area is 211 Å². The van der Waals surface area contributed by atoms with Crippen LogP contribution >= 0.6 is 0 Å². The molecule has 2 amide bonds. The number of carbonyl (C=O) groups excluding carboxylic acids is 3. The average molecular weight is 536 g/mol. The third-order valence-electron chi connectivity index (χ3n) is 8.09. The van der Waals surface area contributed by atoms with Crippen LogP contribution in [0.5, 0.6) is 0 Å². The zero-order valence-corrected chi connectivity index (χ0v) is 21.7. The number of hydrogen-bond donors (Lipinski definition) is 4. The Morgan fingerprint density at radius 2 is 1.92 bits per heavy atom. The number of fused-ring (bicyclic) bond motifs is 2. The third kappa shape index (κ3) is 6.60. The van der Waals surface area contributed by atoms with Crippen molar-refractivity contribution < 1.29 is 41.6 Å². The van der Waals surface area contributed by atoms with Gasteiger partial charge in [0.2, 0.25) is 5.91 Å². The maximum Gasteiger partial charge on any atom is 0.326 e. The summed E-state index contributed by atoms with van der Waals surface area (Å²) in [6, 6.07) is -1.75. The van der Waals surface area contributed by atoms with Crippen LogP contribution < -0.4 is 11.1 Å². The highest BCUT2D eigenvalue weighted by molar-refractivity contribution is 7.85. The summed E-state index contributed by atoms with van der Waals surface area (Å²) in [5.41, 5.74) is 4.26. The molecule has 36 heavy (non-hydrogen) atoms. The lowest BCUT2D eigenvalue weighted by Crippen LogP contribution is -2.52. The normalized spacial score (nSPS) is 27.4. The number of carboxylic acid groups (broad SMARTS) is 1. The van der Waals surface area contributed by atoms with Crippen molar-refractivity contribution in [3.8, 4) is 0 Å². The number of hydrogen-bond acceptors (Lipinski definition) is 7. The fourth-order valence-electron chi connectivity index (χ4n) is 5.89. The van der Waals surface area contributed by atoms with Crippen LogP contribution in [0.4, 0.5) is 4.39 Å². The topological polar surface area (TPSA) is 184 Å². The second-order valence-corrected chi connectivity index (χ2v) is 11.9. The molecular formula is C23H38FN3O8S. The first-order valence-electron chi connectivity index (χ1n) is 12.3. The molecule has 2 aliphatic carbocycles. The Morgan fingerprint density at radius 3 is 2.39 bits per heavy atom. The molecule has 3 fully saturated rings. The number of carbonyl (C=O) groups is 4. The first-order valence-corrected chi connectivity index (χ1v) is 13.9. The first kappa shape index (κ1) is 30.1. The molecule has 3 aliphatic rings. The number of alkyl halides is 1. The summed E-state index contributed by atoms with van der Waals surface area (Å²) in [7, 11) is -4.08. The average Bonchev–Trinajstić information content (AvgIpc) is 3.41. The number of likely N-dealkylation sites (tertiary alicyclic amines) is 1. The van der Waals surface area contributed by atoms with Gasteiger partial charge in [0.05, 0.1) is 11.2 Å². The number of nitrogens with two attached hydrogens (primary N) is 1. The highest BCUT2D eigenvalue weighted by atomic mass is 32.2. The molecule has 13 heteroatoms. The van der Waals surface area contributed by atoms with Crippen LogP contribution in [0, 0.1) is 16.7 Å². The van der Waals surface area contributed by atoms with E-state index in [-0.39, 0.29) is 17.1 Å². The Morgan fingerprint density at radius 1 is 1.25 bits per heavy atom. The van der Waals surface area contributed by atoms with Crippen molar-refractivity contribution in [3.63, 3.8) is 0 Å².